The second kappa shape index (κ2) is 6.45. The summed E-state index contributed by atoms with van der Waals surface area (Å²) in [6.07, 6.45) is 2.01. The molecular weight excluding hydrogens is 210 g/mol. The van der Waals surface area contributed by atoms with E-state index in [1.165, 1.54) is 6.07 Å². The normalized spacial score (nSPS) is 10.2. The molecular formula is C11H15NO2S. The van der Waals surface area contributed by atoms with Crippen molar-refractivity contribution in [3.63, 3.8) is 0 Å². The summed E-state index contributed by atoms with van der Waals surface area (Å²) in [7, 11) is 0. The first-order valence-corrected chi connectivity index (χ1v) is 6.20. The molecule has 0 saturated carbocycles. The SMILES string of the molecule is CCSCCCc1cccc([N+](=O)[O-])c1. The van der Waals surface area contributed by atoms with Crippen LogP contribution in [0, 0.1) is 10.1 Å². The van der Waals surface area contributed by atoms with Crippen LogP contribution in [0.5, 0.6) is 0 Å². The Bertz CT molecular complexity index is 328. The van der Waals surface area contributed by atoms with Crippen molar-refractivity contribution in [2.24, 2.45) is 0 Å². The van der Waals surface area contributed by atoms with Gasteiger partial charge in [-0.15, -0.1) is 0 Å². The van der Waals surface area contributed by atoms with E-state index in [0.29, 0.717) is 0 Å². The third kappa shape index (κ3) is 4.34. The van der Waals surface area contributed by atoms with Gasteiger partial charge in [0, 0.05) is 12.1 Å². The van der Waals surface area contributed by atoms with Crippen molar-refractivity contribution in [3.05, 3.63) is 39.9 Å². The average Bonchev–Trinajstić information content (AvgIpc) is 2.25. The summed E-state index contributed by atoms with van der Waals surface area (Å²) in [5, 5.41) is 10.5. The topological polar surface area (TPSA) is 43.1 Å². The molecule has 0 fully saturated rings. The third-order valence-corrected chi connectivity index (χ3v) is 3.07. The molecule has 3 nitrogen and oxygen atoms in total. The Kier molecular flexibility index (Phi) is 5.18. The fraction of sp³-hybridized carbons (Fsp3) is 0.455. The molecule has 82 valence electrons. The molecule has 4 heteroatoms. The van der Waals surface area contributed by atoms with Crippen molar-refractivity contribution in [3.8, 4) is 0 Å². The van der Waals surface area contributed by atoms with Gasteiger partial charge in [-0.3, -0.25) is 10.1 Å². The lowest BCUT2D eigenvalue weighted by Gasteiger charge is -2.00. The van der Waals surface area contributed by atoms with Crippen LogP contribution in [0.2, 0.25) is 0 Å². The third-order valence-electron chi connectivity index (χ3n) is 2.08. The molecule has 0 aliphatic rings. The Balaban J connectivity index is 2.47. The van der Waals surface area contributed by atoms with Crippen molar-refractivity contribution >= 4 is 17.4 Å². The highest BCUT2D eigenvalue weighted by Crippen LogP contribution is 2.15. The van der Waals surface area contributed by atoms with E-state index in [1.54, 1.807) is 12.1 Å². The smallest absolute Gasteiger partial charge is 0.258 e. The number of thioether (sulfide) groups is 1. The molecule has 0 aliphatic heterocycles. The second-order valence-electron chi connectivity index (χ2n) is 3.23. The van der Waals surface area contributed by atoms with Crippen molar-refractivity contribution in [1.29, 1.82) is 0 Å². The first kappa shape index (κ1) is 12.0. The number of benzene rings is 1. The maximum absolute atomic E-state index is 10.5. The van der Waals surface area contributed by atoms with Gasteiger partial charge in [-0.05, 0) is 29.9 Å². The van der Waals surface area contributed by atoms with E-state index in [1.807, 2.05) is 17.8 Å². The van der Waals surface area contributed by atoms with Gasteiger partial charge in [0.1, 0.15) is 0 Å². The van der Waals surface area contributed by atoms with Gasteiger partial charge >= 0.3 is 0 Å². The molecule has 1 aromatic rings. The van der Waals surface area contributed by atoms with Gasteiger partial charge < -0.3 is 0 Å². The Labute approximate surface area is 94.0 Å². The summed E-state index contributed by atoms with van der Waals surface area (Å²) in [5.41, 5.74) is 1.25. The molecule has 0 aliphatic carbocycles. The van der Waals surface area contributed by atoms with Crippen molar-refractivity contribution in [1.82, 2.24) is 0 Å². The lowest BCUT2D eigenvalue weighted by atomic mass is 10.1. The van der Waals surface area contributed by atoms with E-state index in [2.05, 4.69) is 6.92 Å². The number of aryl methyl sites for hydroxylation is 1. The Morgan fingerprint density at radius 1 is 1.47 bits per heavy atom. The van der Waals surface area contributed by atoms with E-state index in [9.17, 15) is 10.1 Å². The Hall–Kier alpha value is -1.03. The van der Waals surface area contributed by atoms with Crippen LogP contribution in [-0.4, -0.2) is 16.4 Å². The fourth-order valence-corrected chi connectivity index (χ4v) is 1.99. The molecule has 0 unspecified atom stereocenters. The molecule has 0 radical (unpaired) electrons. The largest absolute Gasteiger partial charge is 0.269 e. The van der Waals surface area contributed by atoms with E-state index >= 15 is 0 Å². The maximum atomic E-state index is 10.5. The minimum atomic E-state index is -0.343. The summed E-state index contributed by atoms with van der Waals surface area (Å²) in [5.74, 6) is 2.26. The lowest BCUT2D eigenvalue weighted by Crippen LogP contribution is -1.92. The van der Waals surface area contributed by atoms with Crippen LogP contribution in [0.15, 0.2) is 24.3 Å². The number of hydrogen-bond donors (Lipinski definition) is 0. The van der Waals surface area contributed by atoms with Crippen LogP contribution in [0.25, 0.3) is 0 Å². The van der Waals surface area contributed by atoms with Gasteiger partial charge in [0.05, 0.1) is 4.92 Å². The van der Waals surface area contributed by atoms with Gasteiger partial charge in [-0.2, -0.15) is 11.8 Å². The van der Waals surface area contributed by atoms with Gasteiger partial charge in [0.25, 0.3) is 5.69 Å². The number of non-ortho nitro benzene ring substituents is 1. The van der Waals surface area contributed by atoms with Crippen LogP contribution < -0.4 is 0 Å². The van der Waals surface area contributed by atoms with Gasteiger partial charge in [-0.1, -0.05) is 19.1 Å². The summed E-state index contributed by atoms with van der Waals surface area (Å²) >= 11 is 1.90. The van der Waals surface area contributed by atoms with Crippen molar-refractivity contribution < 1.29 is 4.92 Å². The number of hydrogen-bond acceptors (Lipinski definition) is 3. The lowest BCUT2D eigenvalue weighted by molar-refractivity contribution is -0.384. The quantitative estimate of drug-likeness (QED) is 0.424. The molecule has 15 heavy (non-hydrogen) atoms. The second-order valence-corrected chi connectivity index (χ2v) is 4.62. The van der Waals surface area contributed by atoms with Crippen LogP contribution >= 0.6 is 11.8 Å². The van der Waals surface area contributed by atoms with Crippen LogP contribution in [0.1, 0.15) is 18.9 Å². The number of nitro groups is 1. The van der Waals surface area contributed by atoms with Gasteiger partial charge in [-0.25, -0.2) is 0 Å². The predicted octanol–water partition coefficient (Wildman–Crippen LogP) is 3.28. The Morgan fingerprint density at radius 3 is 2.93 bits per heavy atom. The molecule has 0 amide bonds. The number of nitro benzene ring substituents is 1. The minimum absolute atomic E-state index is 0.190. The predicted molar refractivity (Wildman–Crippen MR) is 64.4 cm³/mol. The fourth-order valence-electron chi connectivity index (χ4n) is 1.35. The number of nitrogens with zero attached hydrogens (tertiary/aromatic N) is 1. The molecule has 0 N–H and O–H groups in total. The maximum Gasteiger partial charge on any atom is 0.269 e. The molecule has 0 atom stereocenters. The van der Waals surface area contributed by atoms with Crippen LogP contribution in [0.4, 0.5) is 5.69 Å². The number of rotatable bonds is 6. The highest BCUT2D eigenvalue weighted by Gasteiger charge is 2.04. The highest BCUT2D eigenvalue weighted by atomic mass is 32.2. The standard InChI is InChI=1S/C11H15NO2S/c1-2-15-8-4-6-10-5-3-7-11(9-10)12(13)14/h3,5,7,9H,2,4,6,8H2,1H3. The highest BCUT2D eigenvalue weighted by molar-refractivity contribution is 7.99. The first-order chi connectivity index (χ1) is 7.24. The molecule has 0 saturated heterocycles. The summed E-state index contributed by atoms with van der Waals surface area (Å²) in [6.45, 7) is 2.14. The zero-order chi connectivity index (χ0) is 11.1. The van der Waals surface area contributed by atoms with Crippen LogP contribution in [0.3, 0.4) is 0 Å². The first-order valence-electron chi connectivity index (χ1n) is 5.05. The Morgan fingerprint density at radius 2 is 2.27 bits per heavy atom. The van der Waals surface area contributed by atoms with E-state index in [-0.39, 0.29) is 10.6 Å². The summed E-state index contributed by atoms with van der Waals surface area (Å²) < 4.78 is 0. The van der Waals surface area contributed by atoms with Gasteiger partial charge in [0.15, 0.2) is 0 Å². The van der Waals surface area contributed by atoms with Gasteiger partial charge in [0.2, 0.25) is 0 Å². The van der Waals surface area contributed by atoms with E-state index in [0.717, 1.165) is 29.9 Å². The van der Waals surface area contributed by atoms with Crippen molar-refractivity contribution in [2.45, 2.75) is 19.8 Å². The summed E-state index contributed by atoms with van der Waals surface area (Å²) in [4.78, 5) is 10.2. The zero-order valence-corrected chi connectivity index (χ0v) is 9.63. The van der Waals surface area contributed by atoms with E-state index < -0.39 is 0 Å². The summed E-state index contributed by atoms with van der Waals surface area (Å²) in [6, 6.07) is 6.89. The molecule has 0 heterocycles. The molecule has 0 spiro atoms. The molecule has 0 bridgehead atoms. The van der Waals surface area contributed by atoms with Crippen molar-refractivity contribution in [2.75, 3.05) is 11.5 Å². The van der Waals surface area contributed by atoms with Crippen LogP contribution in [-0.2, 0) is 6.42 Å². The van der Waals surface area contributed by atoms with E-state index in [4.69, 9.17) is 0 Å². The molecule has 1 rings (SSSR count). The zero-order valence-electron chi connectivity index (χ0n) is 8.81. The minimum Gasteiger partial charge on any atom is -0.258 e. The molecule has 1 aromatic carbocycles. The average molecular weight is 225 g/mol. The molecule has 0 aromatic heterocycles. The monoisotopic (exact) mass is 225 g/mol.